The van der Waals surface area contributed by atoms with Gasteiger partial charge in [0.25, 0.3) is 5.56 Å². The van der Waals surface area contributed by atoms with Gasteiger partial charge in [-0.3, -0.25) is 14.2 Å². The van der Waals surface area contributed by atoms with Crippen molar-refractivity contribution >= 4 is 57.6 Å². The van der Waals surface area contributed by atoms with Gasteiger partial charge in [0.1, 0.15) is 0 Å². The van der Waals surface area contributed by atoms with Crippen molar-refractivity contribution in [3.05, 3.63) is 99.3 Å². The van der Waals surface area contributed by atoms with E-state index in [9.17, 15) is 9.59 Å². The Morgan fingerprint density at radius 3 is 2.66 bits per heavy atom. The number of nitrogens with zero attached hydrogens (tertiary/aromatic N) is 2. The maximum atomic E-state index is 13.0. The number of para-hydroxylation sites is 2. The van der Waals surface area contributed by atoms with E-state index >= 15 is 0 Å². The van der Waals surface area contributed by atoms with Gasteiger partial charge in [0, 0.05) is 23.4 Å². The van der Waals surface area contributed by atoms with Crippen molar-refractivity contribution in [2.45, 2.75) is 30.8 Å². The van der Waals surface area contributed by atoms with Gasteiger partial charge in [0.15, 0.2) is 5.16 Å². The van der Waals surface area contributed by atoms with Crippen LogP contribution in [-0.2, 0) is 17.1 Å². The first kappa shape index (κ1) is 24.6. The average molecular weight is 505 g/mol. The third kappa shape index (κ3) is 6.12. The van der Waals surface area contributed by atoms with Crippen LogP contribution in [0, 0.1) is 0 Å². The number of benzene rings is 3. The number of fused-ring (bicyclic) bond motifs is 1. The number of carbonyl (C=O) groups excluding carboxylic acids is 1. The molecule has 0 atom stereocenters. The molecule has 4 rings (SSSR count). The molecular formula is C27H25ClN4O2S. The minimum absolute atomic E-state index is 0.0490. The Kier molecular flexibility index (Phi) is 7.90. The molecule has 0 aliphatic heterocycles. The number of hydrogen-bond donors (Lipinski definition) is 2. The van der Waals surface area contributed by atoms with Crippen molar-refractivity contribution in [1.82, 2.24) is 9.55 Å². The van der Waals surface area contributed by atoms with E-state index in [1.54, 1.807) is 41.0 Å². The zero-order valence-corrected chi connectivity index (χ0v) is 20.8. The van der Waals surface area contributed by atoms with Crippen LogP contribution in [0.15, 0.2) is 82.8 Å². The standard InChI is InChI=1S/C27H25ClN4O2S/c1-2-15-32-26(34)21-13-12-20(28)16-24(21)31-27(32)35-17-19-9-7-18(8-10-19)11-14-25(33)30-23-6-4-3-5-22(23)29/h3-14,16H,2,15,17,29H2,1H3,(H,30,33)/b14-11+. The quantitative estimate of drug-likeness (QED) is 0.133. The van der Waals surface area contributed by atoms with Crippen LogP contribution in [-0.4, -0.2) is 15.5 Å². The van der Waals surface area contributed by atoms with Gasteiger partial charge in [0.05, 0.1) is 22.3 Å². The minimum atomic E-state index is -0.251. The molecule has 178 valence electrons. The molecular weight excluding hydrogens is 480 g/mol. The lowest BCUT2D eigenvalue weighted by atomic mass is 10.1. The Bertz CT molecular complexity index is 1450. The van der Waals surface area contributed by atoms with Gasteiger partial charge < -0.3 is 11.1 Å². The lowest BCUT2D eigenvalue weighted by Crippen LogP contribution is -2.23. The van der Waals surface area contributed by atoms with Crippen LogP contribution in [0.3, 0.4) is 0 Å². The predicted octanol–water partition coefficient (Wildman–Crippen LogP) is 5.99. The molecule has 0 fully saturated rings. The van der Waals surface area contributed by atoms with E-state index in [0.717, 1.165) is 17.5 Å². The monoisotopic (exact) mass is 504 g/mol. The van der Waals surface area contributed by atoms with Crippen LogP contribution in [0.4, 0.5) is 11.4 Å². The highest BCUT2D eigenvalue weighted by Crippen LogP contribution is 2.24. The molecule has 4 aromatic rings. The second-order valence-corrected chi connectivity index (χ2v) is 9.33. The highest BCUT2D eigenvalue weighted by molar-refractivity contribution is 7.98. The fourth-order valence-electron chi connectivity index (χ4n) is 3.53. The van der Waals surface area contributed by atoms with E-state index < -0.39 is 0 Å². The second-order valence-electron chi connectivity index (χ2n) is 7.95. The van der Waals surface area contributed by atoms with Crippen LogP contribution in [0.25, 0.3) is 17.0 Å². The third-order valence-corrected chi connectivity index (χ3v) is 6.61. The summed E-state index contributed by atoms with van der Waals surface area (Å²) in [6, 6.07) is 20.2. The van der Waals surface area contributed by atoms with Crippen molar-refractivity contribution in [3.63, 3.8) is 0 Å². The first-order valence-corrected chi connectivity index (χ1v) is 12.6. The topological polar surface area (TPSA) is 90.0 Å². The molecule has 1 heterocycles. The number of amides is 1. The summed E-state index contributed by atoms with van der Waals surface area (Å²) in [4.78, 5) is 29.9. The number of hydrogen-bond acceptors (Lipinski definition) is 5. The summed E-state index contributed by atoms with van der Waals surface area (Å²) in [5.74, 6) is 0.402. The second kappa shape index (κ2) is 11.3. The van der Waals surface area contributed by atoms with E-state index in [1.165, 1.54) is 17.8 Å². The molecule has 0 radical (unpaired) electrons. The van der Waals surface area contributed by atoms with E-state index in [-0.39, 0.29) is 11.5 Å². The molecule has 0 unspecified atom stereocenters. The summed E-state index contributed by atoms with van der Waals surface area (Å²) in [5, 5.41) is 4.57. The zero-order valence-electron chi connectivity index (χ0n) is 19.2. The zero-order chi connectivity index (χ0) is 24.8. The highest BCUT2D eigenvalue weighted by atomic mass is 35.5. The van der Waals surface area contributed by atoms with Gasteiger partial charge in [-0.25, -0.2) is 4.98 Å². The molecule has 35 heavy (non-hydrogen) atoms. The normalized spacial score (nSPS) is 11.3. The molecule has 0 aliphatic carbocycles. The highest BCUT2D eigenvalue weighted by Gasteiger charge is 2.12. The maximum Gasteiger partial charge on any atom is 0.262 e. The van der Waals surface area contributed by atoms with Crippen LogP contribution in [0.2, 0.25) is 5.02 Å². The van der Waals surface area contributed by atoms with E-state index in [1.807, 2.05) is 43.3 Å². The summed E-state index contributed by atoms with van der Waals surface area (Å²) < 4.78 is 1.73. The van der Waals surface area contributed by atoms with Gasteiger partial charge >= 0.3 is 0 Å². The SMILES string of the molecule is CCCn1c(SCc2ccc(/C=C/C(=O)Nc3ccccc3N)cc2)nc2cc(Cl)ccc2c1=O. The first-order chi connectivity index (χ1) is 16.9. The molecule has 3 aromatic carbocycles. The minimum Gasteiger partial charge on any atom is -0.397 e. The van der Waals surface area contributed by atoms with Gasteiger partial charge in [-0.05, 0) is 54.0 Å². The summed E-state index contributed by atoms with van der Waals surface area (Å²) >= 11 is 7.63. The number of carbonyl (C=O) groups is 1. The number of rotatable bonds is 8. The molecule has 0 saturated carbocycles. The number of thioether (sulfide) groups is 1. The fourth-order valence-corrected chi connectivity index (χ4v) is 4.68. The van der Waals surface area contributed by atoms with Gasteiger partial charge in [0.2, 0.25) is 5.91 Å². The molecule has 0 saturated heterocycles. The number of halogens is 1. The first-order valence-electron chi connectivity index (χ1n) is 11.2. The van der Waals surface area contributed by atoms with E-state index in [4.69, 9.17) is 22.3 Å². The van der Waals surface area contributed by atoms with Crippen molar-refractivity contribution < 1.29 is 4.79 Å². The number of aromatic nitrogens is 2. The molecule has 3 N–H and O–H groups in total. The molecule has 1 aromatic heterocycles. The Morgan fingerprint density at radius 1 is 1.14 bits per heavy atom. The van der Waals surface area contributed by atoms with E-state index in [0.29, 0.717) is 44.8 Å². The van der Waals surface area contributed by atoms with Gasteiger partial charge in [-0.15, -0.1) is 0 Å². The lowest BCUT2D eigenvalue weighted by molar-refractivity contribution is -0.111. The maximum absolute atomic E-state index is 13.0. The summed E-state index contributed by atoms with van der Waals surface area (Å²) in [6.07, 6.45) is 4.06. The van der Waals surface area contributed by atoms with E-state index in [2.05, 4.69) is 5.32 Å². The molecule has 1 amide bonds. The molecule has 0 spiro atoms. The Labute approximate surface area is 212 Å². The van der Waals surface area contributed by atoms with Crippen molar-refractivity contribution in [2.75, 3.05) is 11.1 Å². The van der Waals surface area contributed by atoms with Gasteiger partial charge in [-0.2, -0.15) is 0 Å². The Balaban J connectivity index is 1.44. The van der Waals surface area contributed by atoms with Crippen molar-refractivity contribution in [2.24, 2.45) is 0 Å². The molecule has 8 heteroatoms. The number of anilines is 2. The average Bonchev–Trinajstić information content (AvgIpc) is 2.85. The van der Waals surface area contributed by atoms with Crippen LogP contribution >= 0.6 is 23.4 Å². The van der Waals surface area contributed by atoms with Crippen LogP contribution in [0.5, 0.6) is 0 Å². The fraction of sp³-hybridized carbons (Fsp3) is 0.148. The summed E-state index contributed by atoms with van der Waals surface area (Å²) in [6.45, 7) is 2.64. The summed E-state index contributed by atoms with van der Waals surface area (Å²) in [5.41, 5.74) is 9.50. The Hall–Kier alpha value is -3.55. The Morgan fingerprint density at radius 2 is 1.91 bits per heavy atom. The van der Waals surface area contributed by atoms with Crippen LogP contribution < -0.4 is 16.6 Å². The van der Waals surface area contributed by atoms with Crippen LogP contribution in [0.1, 0.15) is 24.5 Å². The largest absolute Gasteiger partial charge is 0.397 e. The number of nitrogens with one attached hydrogen (secondary N) is 1. The predicted molar refractivity (Wildman–Crippen MR) is 146 cm³/mol. The number of nitrogens with two attached hydrogens (primary N) is 1. The smallest absolute Gasteiger partial charge is 0.262 e. The molecule has 0 bridgehead atoms. The lowest BCUT2D eigenvalue weighted by Gasteiger charge is -2.12. The third-order valence-electron chi connectivity index (χ3n) is 5.32. The van der Waals surface area contributed by atoms with Gasteiger partial charge in [-0.1, -0.05) is 66.7 Å². The molecule has 0 aliphatic rings. The van der Waals surface area contributed by atoms with Crippen molar-refractivity contribution in [3.8, 4) is 0 Å². The van der Waals surface area contributed by atoms with Crippen molar-refractivity contribution in [1.29, 1.82) is 0 Å². The number of nitrogen functional groups attached to an aromatic ring is 1. The molecule has 6 nitrogen and oxygen atoms in total. The summed E-state index contributed by atoms with van der Waals surface area (Å²) in [7, 11) is 0.